The fourth-order valence-corrected chi connectivity index (χ4v) is 2.76. The summed E-state index contributed by atoms with van der Waals surface area (Å²) in [5.41, 5.74) is 0. The maximum absolute atomic E-state index is 12.0. The summed E-state index contributed by atoms with van der Waals surface area (Å²) in [4.78, 5) is 13.5. The van der Waals surface area contributed by atoms with Gasteiger partial charge in [-0.05, 0) is 24.3 Å². The molecule has 0 unspecified atom stereocenters. The molecule has 9 heteroatoms. The van der Waals surface area contributed by atoms with Crippen molar-refractivity contribution in [3.05, 3.63) is 29.3 Å². The molecule has 1 saturated heterocycles. The number of piperazine rings is 1. The van der Waals surface area contributed by atoms with Crippen molar-refractivity contribution in [3.8, 4) is 5.75 Å². The van der Waals surface area contributed by atoms with E-state index in [2.05, 4.69) is 0 Å². The summed E-state index contributed by atoms with van der Waals surface area (Å²) in [5.74, 6) is 0.356. The number of carbonyl (C=O) groups excluding carboxylic acids is 1. The number of nitrogens with zero attached hydrogens (tertiary/aromatic N) is 2. The summed E-state index contributed by atoms with van der Waals surface area (Å²) in [5, 5.41) is 5.63. The van der Waals surface area contributed by atoms with Gasteiger partial charge >= 0.3 is 0 Å². The molecular formula is C12H16ClN3O4S. The second-order valence-corrected chi connectivity index (χ2v) is 6.55. The van der Waals surface area contributed by atoms with Gasteiger partial charge < -0.3 is 9.64 Å². The molecule has 7 nitrogen and oxygen atoms in total. The maximum Gasteiger partial charge on any atom is 0.277 e. The van der Waals surface area contributed by atoms with Gasteiger partial charge in [-0.3, -0.25) is 4.79 Å². The molecule has 1 aromatic carbocycles. The smallest absolute Gasteiger partial charge is 0.277 e. The molecule has 116 valence electrons. The summed E-state index contributed by atoms with van der Waals surface area (Å²) < 4.78 is 28.8. The fraction of sp³-hybridized carbons (Fsp3) is 0.417. The van der Waals surface area contributed by atoms with Gasteiger partial charge in [-0.2, -0.15) is 12.7 Å². The minimum atomic E-state index is -3.68. The van der Waals surface area contributed by atoms with Gasteiger partial charge in [0.1, 0.15) is 5.75 Å². The highest BCUT2D eigenvalue weighted by Crippen LogP contribution is 2.15. The molecule has 1 fully saturated rings. The zero-order chi connectivity index (χ0) is 15.5. The Morgan fingerprint density at radius 1 is 1.19 bits per heavy atom. The molecule has 1 heterocycles. The van der Waals surface area contributed by atoms with Crippen LogP contribution in [0.3, 0.4) is 0 Å². The predicted molar refractivity (Wildman–Crippen MR) is 78.2 cm³/mol. The number of amides is 1. The molecule has 21 heavy (non-hydrogen) atoms. The van der Waals surface area contributed by atoms with Crippen LogP contribution in [0, 0.1) is 0 Å². The van der Waals surface area contributed by atoms with Gasteiger partial charge in [-0.25, -0.2) is 5.14 Å². The van der Waals surface area contributed by atoms with E-state index >= 15 is 0 Å². The molecule has 1 aromatic rings. The zero-order valence-corrected chi connectivity index (χ0v) is 12.8. The molecule has 0 aliphatic carbocycles. The summed E-state index contributed by atoms with van der Waals surface area (Å²) in [6.07, 6.45) is 0. The molecule has 1 aliphatic heterocycles. The third-order valence-electron chi connectivity index (χ3n) is 3.13. The lowest BCUT2D eigenvalue weighted by Crippen LogP contribution is -2.53. The maximum atomic E-state index is 12.0. The van der Waals surface area contributed by atoms with Crippen molar-refractivity contribution in [3.63, 3.8) is 0 Å². The lowest BCUT2D eigenvalue weighted by Gasteiger charge is -2.32. The first-order chi connectivity index (χ1) is 9.86. The SMILES string of the molecule is NS(=O)(=O)N1CCN(C(=O)COc2ccc(Cl)cc2)CC1. The Morgan fingerprint density at radius 3 is 2.29 bits per heavy atom. The quantitative estimate of drug-likeness (QED) is 0.843. The number of halogens is 1. The first kappa shape index (κ1) is 16.0. The lowest BCUT2D eigenvalue weighted by molar-refractivity contribution is -0.134. The molecule has 0 saturated carbocycles. The van der Waals surface area contributed by atoms with Crippen LogP contribution in [-0.4, -0.2) is 56.3 Å². The van der Waals surface area contributed by atoms with Crippen molar-refractivity contribution >= 4 is 27.7 Å². The summed E-state index contributed by atoms with van der Waals surface area (Å²) in [6, 6.07) is 6.70. The molecule has 1 amide bonds. The highest BCUT2D eigenvalue weighted by Gasteiger charge is 2.26. The van der Waals surface area contributed by atoms with E-state index in [-0.39, 0.29) is 25.6 Å². The number of benzene rings is 1. The highest BCUT2D eigenvalue weighted by molar-refractivity contribution is 7.86. The molecule has 0 spiro atoms. The molecule has 1 aliphatic rings. The van der Waals surface area contributed by atoms with Crippen LogP contribution in [0.4, 0.5) is 0 Å². The topological polar surface area (TPSA) is 92.9 Å². The van der Waals surface area contributed by atoms with Crippen LogP contribution in [0.1, 0.15) is 0 Å². The number of ether oxygens (including phenoxy) is 1. The van der Waals surface area contributed by atoms with E-state index in [1.165, 1.54) is 0 Å². The van der Waals surface area contributed by atoms with E-state index in [1.807, 2.05) is 0 Å². The Morgan fingerprint density at radius 2 is 1.76 bits per heavy atom. The van der Waals surface area contributed by atoms with Gasteiger partial charge in [0, 0.05) is 31.2 Å². The second kappa shape index (κ2) is 6.61. The van der Waals surface area contributed by atoms with Gasteiger partial charge in [0.05, 0.1) is 0 Å². The number of rotatable bonds is 4. The van der Waals surface area contributed by atoms with Crippen molar-refractivity contribution in [2.45, 2.75) is 0 Å². The van der Waals surface area contributed by atoms with Gasteiger partial charge in [0.2, 0.25) is 0 Å². The van der Waals surface area contributed by atoms with E-state index in [0.29, 0.717) is 23.9 Å². The Bertz CT molecular complexity index is 597. The van der Waals surface area contributed by atoms with Crippen LogP contribution in [0.15, 0.2) is 24.3 Å². The van der Waals surface area contributed by atoms with Crippen LogP contribution < -0.4 is 9.88 Å². The van der Waals surface area contributed by atoms with Crippen molar-refractivity contribution < 1.29 is 17.9 Å². The third kappa shape index (κ3) is 4.57. The molecule has 2 rings (SSSR count). The third-order valence-corrected chi connectivity index (χ3v) is 4.46. The average Bonchev–Trinajstić information content (AvgIpc) is 2.45. The summed E-state index contributed by atoms with van der Waals surface area (Å²) >= 11 is 5.75. The minimum Gasteiger partial charge on any atom is -0.484 e. The number of carbonyl (C=O) groups is 1. The van der Waals surface area contributed by atoms with Crippen molar-refractivity contribution in [1.29, 1.82) is 0 Å². The molecular weight excluding hydrogens is 318 g/mol. The molecule has 0 radical (unpaired) electrons. The first-order valence-corrected chi connectivity index (χ1v) is 8.18. The van der Waals surface area contributed by atoms with E-state index in [0.717, 1.165) is 4.31 Å². The van der Waals surface area contributed by atoms with Gasteiger partial charge in [0.25, 0.3) is 16.1 Å². The average molecular weight is 334 g/mol. The molecule has 0 atom stereocenters. The standard InChI is InChI=1S/C12H16ClN3O4S/c13-10-1-3-11(4-2-10)20-9-12(17)15-5-7-16(8-6-15)21(14,18)19/h1-4H,5-9H2,(H2,14,18,19). The lowest BCUT2D eigenvalue weighted by atomic mass is 10.3. The van der Waals surface area contributed by atoms with Crippen molar-refractivity contribution in [2.75, 3.05) is 32.8 Å². The molecule has 2 N–H and O–H groups in total. The molecule has 0 bridgehead atoms. The zero-order valence-electron chi connectivity index (χ0n) is 11.2. The fourth-order valence-electron chi connectivity index (χ4n) is 1.96. The van der Waals surface area contributed by atoms with E-state index in [1.54, 1.807) is 29.2 Å². The normalized spacial score (nSPS) is 16.8. The van der Waals surface area contributed by atoms with Crippen LogP contribution >= 0.6 is 11.6 Å². The largest absolute Gasteiger partial charge is 0.484 e. The second-order valence-electron chi connectivity index (χ2n) is 4.57. The van der Waals surface area contributed by atoms with Gasteiger partial charge in [-0.1, -0.05) is 11.6 Å². The van der Waals surface area contributed by atoms with Gasteiger partial charge in [-0.15, -0.1) is 0 Å². The Hall–Kier alpha value is -1.35. The van der Waals surface area contributed by atoms with E-state index in [9.17, 15) is 13.2 Å². The van der Waals surface area contributed by atoms with E-state index in [4.69, 9.17) is 21.5 Å². The number of nitrogens with two attached hydrogens (primary N) is 1. The van der Waals surface area contributed by atoms with Crippen LogP contribution in [-0.2, 0) is 15.0 Å². The van der Waals surface area contributed by atoms with Gasteiger partial charge in [0.15, 0.2) is 6.61 Å². The first-order valence-electron chi connectivity index (χ1n) is 6.30. The van der Waals surface area contributed by atoms with Crippen molar-refractivity contribution in [2.24, 2.45) is 5.14 Å². The Kier molecular flexibility index (Phi) is 5.04. The Balaban J connectivity index is 1.81. The van der Waals surface area contributed by atoms with E-state index < -0.39 is 10.2 Å². The van der Waals surface area contributed by atoms with Crippen LogP contribution in [0.25, 0.3) is 0 Å². The van der Waals surface area contributed by atoms with Crippen LogP contribution in [0.5, 0.6) is 5.75 Å². The highest BCUT2D eigenvalue weighted by atomic mass is 35.5. The Labute approximate surface area is 128 Å². The predicted octanol–water partition coefficient (Wildman–Crippen LogP) is 0.0665. The van der Waals surface area contributed by atoms with Crippen molar-refractivity contribution in [1.82, 2.24) is 9.21 Å². The summed E-state index contributed by atoms with van der Waals surface area (Å²) in [7, 11) is -3.68. The minimum absolute atomic E-state index is 0.100. The van der Waals surface area contributed by atoms with Crippen LogP contribution in [0.2, 0.25) is 5.02 Å². The molecule has 0 aromatic heterocycles. The number of hydrogen-bond donors (Lipinski definition) is 1. The summed E-state index contributed by atoms with van der Waals surface area (Å²) in [6.45, 7) is 0.909. The monoisotopic (exact) mass is 333 g/mol. The number of hydrogen-bond acceptors (Lipinski definition) is 4.